The monoisotopic (exact) mass is 204 g/mol. The quantitative estimate of drug-likeness (QED) is 0.740. The maximum absolute atomic E-state index is 11.0. The van der Waals surface area contributed by atoms with Gasteiger partial charge in [0, 0.05) is 18.2 Å². The number of aromatic nitrogens is 2. The fourth-order valence-electron chi connectivity index (χ4n) is 1.37. The third-order valence-electron chi connectivity index (χ3n) is 2.10. The molecule has 0 atom stereocenters. The zero-order valence-electron chi connectivity index (χ0n) is 7.75. The summed E-state index contributed by atoms with van der Waals surface area (Å²) in [5.41, 5.74) is 1.38. The van der Waals surface area contributed by atoms with Crippen LogP contribution >= 0.6 is 0 Å². The van der Waals surface area contributed by atoms with E-state index in [0.717, 1.165) is 5.52 Å². The van der Waals surface area contributed by atoms with Crippen LogP contribution in [0.3, 0.4) is 0 Å². The van der Waals surface area contributed by atoms with Gasteiger partial charge in [-0.1, -0.05) is 6.07 Å². The largest absolute Gasteiger partial charge is 0.475 e. The molecule has 2 rings (SSSR count). The van der Waals surface area contributed by atoms with E-state index in [1.165, 1.54) is 6.20 Å². The number of ketones is 1. The lowest BCUT2D eigenvalue weighted by Crippen LogP contribution is -2.14. The van der Waals surface area contributed by atoms with Gasteiger partial charge in [0.2, 0.25) is 5.78 Å². The molecule has 0 bridgehead atoms. The predicted molar refractivity (Wildman–Crippen MR) is 51.5 cm³/mol. The summed E-state index contributed by atoms with van der Waals surface area (Å²) in [6, 6.07) is 5.41. The summed E-state index contributed by atoms with van der Waals surface area (Å²) < 4.78 is 1.60. The van der Waals surface area contributed by atoms with E-state index >= 15 is 0 Å². The second-order valence-corrected chi connectivity index (χ2v) is 3.11. The van der Waals surface area contributed by atoms with Crippen molar-refractivity contribution in [2.24, 2.45) is 0 Å². The van der Waals surface area contributed by atoms with Gasteiger partial charge in [-0.15, -0.1) is 0 Å². The molecule has 0 spiro atoms. The van der Waals surface area contributed by atoms with Crippen LogP contribution in [0.5, 0.6) is 0 Å². The van der Waals surface area contributed by atoms with Crippen LogP contribution in [-0.4, -0.2) is 26.5 Å². The topological polar surface area (TPSA) is 71.7 Å². The molecule has 2 aromatic heterocycles. The number of hydrogen-bond donors (Lipinski definition) is 1. The van der Waals surface area contributed by atoms with Crippen LogP contribution in [0.2, 0.25) is 0 Å². The zero-order chi connectivity index (χ0) is 10.8. The first-order valence-electron chi connectivity index (χ1n) is 4.36. The molecule has 0 unspecified atom stereocenters. The Labute approximate surface area is 84.9 Å². The summed E-state index contributed by atoms with van der Waals surface area (Å²) in [7, 11) is 0. The number of pyridine rings is 1. The lowest BCUT2D eigenvalue weighted by Gasteiger charge is -1.95. The van der Waals surface area contributed by atoms with E-state index in [2.05, 4.69) is 5.10 Å². The van der Waals surface area contributed by atoms with Crippen molar-refractivity contribution in [1.29, 1.82) is 0 Å². The van der Waals surface area contributed by atoms with Gasteiger partial charge in [0.05, 0.1) is 11.7 Å². The van der Waals surface area contributed by atoms with Gasteiger partial charge in [-0.25, -0.2) is 9.31 Å². The molecular weight excluding hydrogens is 196 g/mol. The third kappa shape index (κ3) is 1.71. The number of Topliss-reactive ketones (excluding diaryl/α,β-unsaturated/α-hetero) is 1. The maximum atomic E-state index is 11.0. The molecule has 0 amide bonds. The van der Waals surface area contributed by atoms with Crippen LogP contribution < -0.4 is 0 Å². The molecule has 2 aromatic rings. The second kappa shape index (κ2) is 3.53. The standard InChI is InChI=1S/C10H8N2O3/c13-9(10(14)15)5-7-6-11-12-4-2-1-3-8(7)12/h1-4,6H,5H2,(H,14,15). The van der Waals surface area contributed by atoms with E-state index in [4.69, 9.17) is 5.11 Å². The minimum Gasteiger partial charge on any atom is -0.475 e. The number of carbonyl (C=O) groups is 2. The highest BCUT2D eigenvalue weighted by atomic mass is 16.4. The lowest BCUT2D eigenvalue weighted by atomic mass is 10.1. The van der Waals surface area contributed by atoms with Crippen molar-refractivity contribution in [3.63, 3.8) is 0 Å². The molecule has 0 fully saturated rings. The lowest BCUT2D eigenvalue weighted by molar-refractivity contribution is -0.148. The Hall–Kier alpha value is -2.17. The van der Waals surface area contributed by atoms with Gasteiger partial charge in [-0.05, 0) is 12.1 Å². The second-order valence-electron chi connectivity index (χ2n) is 3.11. The van der Waals surface area contributed by atoms with Gasteiger partial charge in [0.1, 0.15) is 0 Å². The fourth-order valence-corrected chi connectivity index (χ4v) is 1.37. The number of rotatable bonds is 3. The number of fused-ring (bicyclic) bond motifs is 1. The van der Waals surface area contributed by atoms with Gasteiger partial charge in [0.25, 0.3) is 0 Å². The predicted octanol–water partition coefficient (Wildman–Crippen LogP) is 0.530. The Bertz CT molecular complexity index is 530. The minimum atomic E-state index is -1.41. The number of carbonyl (C=O) groups excluding carboxylic acids is 1. The Morgan fingerprint density at radius 3 is 2.93 bits per heavy atom. The number of hydrogen-bond acceptors (Lipinski definition) is 3. The summed E-state index contributed by atoms with van der Waals surface area (Å²) >= 11 is 0. The Balaban J connectivity index is 2.37. The molecule has 15 heavy (non-hydrogen) atoms. The molecule has 0 aliphatic rings. The van der Waals surface area contributed by atoms with Crippen LogP contribution in [0, 0.1) is 0 Å². The molecule has 2 heterocycles. The average Bonchev–Trinajstić information content (AvgIpc) is 2.62. The normalized spacial score (nSPS) is 10.4. The number of carboxylic acid groups (broad SMARTS) is 1. The van der Waals surface area contributed by atoms with E-state index in [0.29, 0.717) is 5.56 Å². The van der Waals surface area contributed by atoms with Crippen molar-refractivity contribution in [3.8, 4) is 0 Å². The van der Waals surface area contributed by atoms with Gasteiger partial charge in [-0.2, -0.15) is 5.10 Å². The number of aliphatic carboxylic acids is 1. The average molecular weight is 204 g/mol. The van der Waals surface area contributed by atoms with Crippen molar-refractivity contribution in [2.45, 2.75) is 6.42 Å². The summed E-state index contributed by atoms with van der Waals surface area (Å²) in [5.74, 6) is -2.24. The Morgan fingerprint density at radius 1 is 1.40 bits per heavy atom. The summed E-state index contributed by atoms with van der Waals surface area (Å²) in [4.78, 5) is 21.4. The van der Waals surface area contributed by atoms with Crippen molar-refractivity contribution < 1.29 is 14.7 Å². The molecule has 0 aromatic carbocycles. The molecule has 0 radical (unpaired) electrons. The van der Waals surface area contributed by atoms with Gasteiger partial charge in [0.15, 0.2) is 0 Å². The first-order valence-corrected chi connectivity index (χ1v) is 4.36. The molecular formula is C10H8N2O3. The van der Waals surface area contributed by atoms with E-state index in [9.17, 15) is 9.59 Å². The number of carboxylic acids is 1. The Kier molecular flexibility index (Phi) is 2.21. The zero-order valence-corrected chi connectivity index (χ0v) is 7.75. The highest BCUT2D eigenvalue weighted by molar-refractivity contribution is 6.33. The summed E-state index contributed by atoms with van der Waals surface area (Å²) in [6.07, 6.45) is 3.13. The SMILES string of the molecule is O=C(O)C(=O)Cc1cnn2ccccc12. The van der Waals surface area contributed by atoms with E-state index in [1.807, 2.05) is 12.1 Å². The first-order chi connectivity index (χ1) is 7.18. The van der Waals surface area contributed by atoms with Crippen LogP contribution in [0.15, 0.2) is 30.6 Å². The Morgan fingerprint density at radius 2 is 2.20 bits per heavy atom. The van der Waals surface area contributed by atoms with E-state index < -0.39 is 11.8 Å². The van der Waals surface area contributed by atoms with Crippen LogP contribution in [-0.2, 0) is 16.0 Å². The highest BCUT2D eigenvalue weighted by Gasteiger charge is 2.14. The van der Waals surface area contributed by atoms with Crippen molar-refractivity contribution in [3.05, 3.63) is 36.2 Å². The molecule has 0 aliphatic heterocycles. The van der Waals surface area contributed by atoms with Gasteiger partial charge in [-0.3, -0.25) is 4.79 Å². The minimum absolute atomic E-state index is 0.122. The van der Waals surface area contributed by atoms with Gasteiger partial charge < -0.3 is 5.11 Å². The van der Waals surface area contributed by atoms with Gasteiger partial charge >= 0.3 is 5.97 Å². The van der Waals surface area contributed by atoms with E-state index in [1.54, 1.807) is 16.8 Å². The smallest absolute Gasteiger partial charge is 0.372 e. The summed E-state index contributed by atoms with van der Waals surface area (Å²) in [5, 5.41) is 12.5. The molecule has 0 aliphatic carbocycles. The van der Waals surface area contributed by atoms with Crippen molar-refractivity contribution >= 4 is 17.3 Å². The number of nitrogens with zero attached hydrogens (tertiary/aromatic N) is 2. The fraction of sp³-hybridized carbons (Fsp3) is 0.100. The molecule has 76 valence electrons. The molecule has 5 nitrogen and oxygen atoms in total. The van der Waals surface area contributed by atoms with Crippen LogP contribution in [0.4, 0.5) is 0 Å². The molecule has 0 saturated heterocycles. The molecule has 5 heteroatoms. The first kappa shape index (κ1) is 9.39. The molecule has 0 saturated carbocycles. The van der Waals surface area contributed by atoms with Crippen LogP contribution in [0.25, 0.3) is 5.52 Å². The molecule has 1 N–H and O–H groups in total. The maximum Gasteiger partial charge on any atom is 0.372 e. The van der Waals surface area contributed by atoms with Crippen molar-refractivity contribution in [2.75, 3.05) is 0 Å². The highest BCUT2D eigenvalue weighted by Crippen LogP contribution is 2.10. The van der Waals surface area contributed by atoms with Crippen molar-refractivity contribution in [1.82, 2.24) is 9.61 Å². The summed E-state index contributed by atoms with van der Waals surface area (Å²) in [6.45, 7) is 0. The van der Waals surface area contributed by atoms with E-state index in [-0.39, 0.29) is 6.42 Å². The van der Waals surface area contributed by atoms with Crippen LogP contribution in [0.1, 0.15) is 5.56 Å². The third-order valence-corrected chi connectivity index (χ3v) is 2.10.